The fourth-order valence-electron chi connectivity index (χ4n) is 1.68. The van der Waals surface area contributed by atoms with E-state index < -0.39 is 23.5 Å². The average molecular weight is 398 g/mol. The first-order chi connectivity index (χ1) is 10.6. The Hall–Kier alpha value is 0.370. The van der Waals surface area contributed by atoms with Crippen LogP contribution in [0.5, 0.6) is 0 Å². The molecule has 14 heteroatoms. The zero-order valence-corrected chi connectivity index (χ0v) is 15.8. The maximum atomic E-state index is 12.1. The monoisotopic (exact) mass is 398 g/mol. The van der Waals surface area contributed by atoms with Crippen LogP contribution in [0.4, 0.5) is 0 Å². The zero-order chi connectivity index (χ0) is 17.7. The molecule has 0 aromatic rings. The van der Waals surface area contributed by atoms with Crippen LogP contribution in [0.15, 0.2) is 0 Å². The minimum absolute atomic E-state index is 0.0188. The van der Waals surface area contributed by atoms with Crippen LogP contribution in [0.1, 0.15) is 19.8 Å². The summed E-state index contributed by atoms with van der Waals surface area (Å²) in [5.41, 5.74) is 0. The summed E-state index contributed by atoms with van der Waals surface area (Å²) in [5, 5.41) is 0. The van der Waals surface area contributed by atoms with Crippen molar-refractivity contribution in [3.63, 3.8) is 0 Å². The van der Waals surface area contributed by atoms with Crippen molar-refractivity contribution >= 4 is 23.5 Å². The second-order valence-corrected chi connectivity index (χ2v) is 9.90. The number of phosphoric acid groups is 3. The molecule has 4 unspecified atom stereocenters. The van der Waals surface area contributed by atoms with Gasteiger partial charge in [0.25, 0.3) is 0 Å². The number of hydrogen-bond donors (Lipinski definition) is 1. The molecule has 1 saturated heterocycles. The Bertz CT molecular complexity index is 515. The lowest BCUT2D eigenvalue weighted by molar-refractivity contribution is 0.0181. The van der Waals surface area contributed by atoms with E-state index in [2.05, 4.69) is 22.2 Å². The van der Waals surface area contributed by atoms with Crippen LogP contribution < -0.4 is 0 Å². The summed E-state index contributed by atoms with van der Waals surface area (Å²) in [6.45, 7) is 1.60. The van der Waals surface area contributed by atoms with Gasteiger partial charge in [-0.2, -0.15) is 8.62 Å². The van der Waals surface area contributed by atoms with Gasteiger partial charge in [0.2, 0.25) is 0 Å². The highest BCUT2D eigenvalue weighted by Gasteiger charge is 2.45. The second kappa shape index (κ2) is 8.65. The molecule has 11 nitrogen and oxygen atoms in total. The minimum Gasteiger partial charge on any atom is -0.373 e. The van der Waals surface area contributed by atoms with Gasteiger partial charge < -0.3 is 9.63 Å². The molecule has 0 aromatic heterocycles. The SMILES string of the molecule is COP(=O)(OC)OP(=O)(OC)OP(=O)(O)OCC1CCC(C)O1. The van der Waals surface area contributed by atoms with E-state index in [1.807, 2.05) is 6.92 Å². The predicted molar refractivity (Wildman–Crippen MR) is 77.8 cm³/mol. The number of ether oxygens (including phenoxy) is 1. The van der Waals surface area contributed by atoms with Crippen LogP contribution in [-0.2, 0) is 45.1 Å². The van der Waals surface area contributed by atoms with Gasteiger partial charge >= 0.3 is 23.5 Å². The first-order valence-corrected chi connectivity index (χ1v) is 10.9. The summed E-state index contributed by atoms with van der Waals surface area (Å²) in [6.07, 6.45) is 1.06. The Morgan fingerprint density at radius 1 is 1.00 bits per heavy atom. The highest BCUT2D eigenvalue weighted by atomic mass is 31.3. The van der Waals surface area contributed by atoms with Gasteiger partial charge in [-0.15, -0.1) is 0 Å². The van der Waals surface area contributed by atoms with E-state index in [9.17, 15) is 18.6 Å². The van der Waals surface area contributed by atoms with E-state index in [0.29, 0.717) is 6.42 Å². The second-order valence-electron chi connectivity index (χ2n) is 4.52. The van der Waals surface area contributed by atoms with Gasteiger partial charge in [-0.25, -0.2) is 13.7 Å². The maximum absolute atomic E-state index is 12.1. The van der Waals surface area contributed by atoms with Gasteiger partial charge in [0.1, 0.15) is 0 Å². The van der Waals surface area contributed by atoms with Crippen LogP contribution in [0.3, 0.4) is 0 Å². The molecule has 1 aliphatic rings. The third kappa shape index (κ3) is 7.02. The van der Waals surface area contributed by atoms with Crippen molar-refractivity contribution in [2.24, 2.45) is 0 Å². The van der Waals surface area contributed by atoms with Crippen molar-refractivity contribution in [2.75, 3.05) is 27.9 Å². The lowest BCUT2D eigenvalue weighted by atomic mass is 10.2. The van der Waals surface area contributed by atoms with Crippen molar-refractivity contribution in [3.05, 3.63) is 0 Å². The van der Waals surface area contributed by atoms with Crippen LogP contribution in [-0.4, -0.2) is 45.0 Å². The van der Waals surface area contributed by atoms with E-state index in [0.717, 1.165) is 27.8 Å². The maximum Gasteiger partial charge on any atom is 0.492 e. The van der Waals surface area contributed by atoms with E-state index in [4.69, 9.17) is 9.26 Å². The van der Waals surface area contributed by atoms with Crippen molar-refractivity contribution in [1.82, 2.24) is 0 Å². The van der Waals surface area contributed by atoms with Crippen molar-refractivity contribution in [3.8, 4) is 0 Å². The molecule has 4 atom stereocenters. The number of hydrogen-bond acceptors (Lipinski definition) is 10. The van der Waals surface area contributed by atoms with Crippen molar-refractivity contribution in [1.29, 1.82) is 0 Å². The molecule has 0 spiro atoms. The minimum atomic E-state index is -4.84. The molecule has 1 N–H and O–H groups in total. The predicted octanol–water partition coefficient (Wildman–Crippen LogP) is 2.86. The molecule has 0 aromatic carbocycles. The van der Waals surface area contributed by atoms with Crippen LogP contribution >= 0.6 is 23.5 Å². The topological polar surface area (TPSA) is 136 Å². The molecule has 0 saturated carbocycles. The fourth-order valence-corrected chi connectivity index (χ4v) is 5.82. The summed E-state index contributed by atoms with van der Waals surface area (Å²) < 4.78 is 67.9. The van der Waals surface area contributed by atoms with E-state index in [-0.39, 0.29) is 18.8 Å². The van der Waals surface area contributed by atoms with E-state index in [1.54, 1.807) is 0 Å². The standard InChI is InChI=1S/C9H21O11P3/c1-8-5-6-9(18-8)7-17-21(10,11)19-23(13,16-4)20-22(12,14-2)15-3/h8-9H,5-7H2,1-4H3,(H,10,11). The molecule has 0 radical (unpaired) electrons. The number of phosphoric ester groups is 2. The molecular formula is C9H21O11P3. The lowest BCUT2D eigenvalue weighted by Gasteiger charge is -2.22. The fraction of sp³-hybridized carbons (Fsp3) is 1.00. The van der Waals surface area contributed by atoms with Gasteiger partial charge in [-0.1, -0.05) is 0 Å². The molecular weight excluding hydrogens is 377 g/mol. The van der Waals surface area contributed by atoms with E-state index >= 15 is 0 Å². The normalized spacial score (nSPS) is 27.5. The van der Waals surface area contributed by atoms with Crippen molar-refractivity contribution in [2.45, 2.75) is 32.0 Å². The molecule has 1 aliphatic heterocycles. The Labute approximate surface area is 134 Å². The van der Waals surface area contributed by atoms with Crippen LogP contribution in [0.2, 0.25) is 0 Å². The third-order valence-corrected chi connectivity index (χ3v) is 7.86. The highest BCUT2D eigenvalue weighted by Crippen LogP contribution is 2.71. The van der Waals surface area contributed by atoms with Gasteiger partial charge in [0, 0.05) is 21.3 Å². The van der Waals surface area contributed by atoms with Gasteiger partial charge in [-0.3, -0.25) is 18.1 Å². The highest BCUT2D eigenvalue weighted by molar-refractivity contribution is 7.67. The summed E-state index contributed by atoms with van der Waals surface area (Å²) in [4.78, 5) is 9.60. The van der Waals surface area contributed by atoms with Gasteiger partial charge in [0.15, 0.2) is 0 Å². The molecule has 1 rings (SSSR count). The molecule has 138 valence electrons. The van der Waals surface area contributed by atoms with Crippen LogP contribution in [0, 0.1) is 0 Å². The molecule has 23 heavy (non-hydrogen) atoms. The summed E-state index contributed by atoms with van der Waals surface area (Å²) in [7, 11) is -11.1. The van der Waals surface area contributed by atoms with Gasteiger partial charge in [-0.05, 0) is 19.8 Å². The van der Waals surface area contributed by atoms with Crippen molar-refractivity contribution < 1.29 is 50.0 Å². The first-order valence-electron chi connectivity index (χ1n) is 6.50. The Balaban J connectivity index is 2.66. The quantitative estimate of drug-likeness (QED) is 0.544. The smallest absolute Gasteiger partial charge is 0.373 e. The largest absolute Gasteiger partial charge is 0.492 e. The summed E-state index contributed by atoms with van der Waals surface area (Å²) in [6, 6.07) is 0. The molecule has 0 aliphatic carbocycles. The Kier molecular flexibility index (Phi) is 8.05. The Morgan fingerprint density at radius 3 is 2.00 bits per heavy atom. The first kappa shape index (κ1) is 21.4. The molecule has 1 heterocycles. The summed E-state index contributed by atoms with van der Waals surface area (Å²) >= 11 is 0. The third-order valence-electron chi connectivity index (χ3n) is 2.82. The zero-order valence-electron chi connectivity index (χ0n) is 13.1. The molecule has 1 fully saturated rings. The van der Waals surface area contributed by atoms with E-state index in [1.165, 1.54) is 0 Å². The number of rotatable bonds is 10. The Morgan fingerprint density at radius 2 is 1.57 bits per heavy atom. The lowest BCUT2D eigenvalue weighted by Crippen LogP contribution is -2.15. The van der Waals surface area contributed by atoms with Crippen LogP contribution in [0.25, 0.3) is 0 Å². The van der Waals surface area contributed by atoms with Gasteiger partial charge in [0.05, 0.1) is 18.8 Å². The molecule has 0 bridgehead atoms. The average Bonchev–Trinajstić information content (AvgIpc) is 2.90. The molecule has 0 amide bonds. The summed E-state index contributed by atoms with van der Waals surface area (Å²) in [5.74, 6) is 0.